The number of carbonyl (C=O) groups is 2. The third kappa shape index (κ3) is 5.43. The fourth-order valence-electron chi connectivity index (χ4n) is 6.07. The number of para-hydroxylation sites is 1. The van der Waals surface area contributed by atoms with Gasteiger partial charge >= 0.3 is 0 Å². The SMILES string of the molecule is CCOc1cc(C2C(C(=O)c3cc4cccc(OC)c4o3)=C(O)C(=O)N2c2nc3c(C)cc(C)cc3s2)ccc1OCc1ccccc1. The van der Waals surface area contributed by atoms with Gasteiger partial charge in [0.1, 0.15) is 6.61 Å². The smallest absolute Gasteiger partial charge is 0.296 e. The first-order chi connectivity index (χ1) is 23.3. The highest BCUT2D eigenvalue weighted by molar-refractivity contribution is 7.22. The Morgan fingerprint density at radius 1 is 0.958 bits per heavy atom. The highest BCUT2D eigenvalue weighted by Gasteiger charge is 2.47. The van der Waals surface area contributed by atoms with E-state index in [0.29, 0.717) is 52.1 Å². The van der Waals surface area contributed by atoms with Gasteiger partial charge < -0.3 is 23.7 Å². The average molecular weight is 661 g/mol. The molecule has 3 heterocycles. The Balaban J connectivity index is 1.35. The number of ketones is 1. The van der Waals surface area contributed by atoms with Crippen LogP contribution < -0.4 is 19.1 Å². The summed E-state index contributed by atoms with van der Waals surface area (Å²) in [6, 6.07) is 24.9. The van der Waals surface area contributed by atoms with E-state index in [1.54, 1.807) is 42.5 Å². The summed E-state index contributed by atoms with van der Waals surface area (Å²) in [4.78, 5) is 34.5. The molecule has 10 heteroatoms. The van der Waals surface area contributed by atoms with Crippen LogP contribution in [0.4, 0.5) is 5.13 Å². The van der Waals surface area contributed by atoms with Crippen molar-refractivity contribution in [1.82, 2.24) is 4.98 Å². The van der Waals surface area contributed by atoms with Crippen LogP contribution in [0.3, 0.4) is 0 Å². The number of aromatic nitrogens is 1. The van der Waals surface area contributed by atoms with Gasteiger partial charge in [-0.3, -0.25) is 14.5 Å². The number of amides is 1. The minimum atomic E-state index is -1.05. The Hall–Kier alpha value is -5.61. The van der Waals surface area contributed by atoms with Gasteiger partial charge in [0.15, 0.2) is 39.5 Å². The van der Waals surface area contributed by atoms with E-state index in [1.807, 2.05) is 63.2 Å². The molecule has 0 radical (unpaired) electrons. The number of ether oxygens (including phenoxy) is 3. The van der Waals surface area contributed by atoms with Crippen molar-refractivity contribution in [3.05, 3.63) is 124 Å². The van der Waals surface area contributed by atoms with Gasteiger partial charge in [-0.15, -0.1) is 0 Å². The molecule has 0 spiro atoms. The molecule has 0 bridgehead atoms. The molecule has 242 valence electrons. The fourth-order valence-corrected chi connectivity index (χ4v) is 7.24. The second kappa shape index (κ2) is 12.5. The second-order valence-corrected chi connectivity index (χ2v) is 12.5. The molecule has 0 fully saturated rings. The first kappa shape index (κ1) is 31.0. The highest BCUT2D eigenvalue weighted by atomic mass is 32.1. The van der Waals surface area contributed by atoms with Gasteiger partial charge in [-0.25, -0.2) is 4.98 Å². The highest BCUT2D eigenvalue weighted by Crippen LogP contribution is 2.46. The van der Waals surface area contributed by atoms with Crippen LogP contribution in [0.1, 0.15) is 45.8 Å². The van der Waals surface area contributed by atoms with Gasteiger partial charge in [-0.05, 0) is 73.4 Å². The number of hydrogen-bond donors (Lipinski definition) is 1. The zero-order valence-electron chi connectivity index (χ0n) is 26.8. The molecule has 1 atom stereocenters. The van der Waals surface area contributed by atoms with Crippen molar-refractivity contribution in [1.29, 1.82) is 0 Å². The molecule has 1 aliphatic rings. The molecule has 48 heavy (non-hydrogen) atoms. The number of Topliss-reactive ketones (excluding diaryl/α,β-unsaturated/α-hetero) is 1. The third-order valence-electron chi connectivity index (χ3n) is 8.25. The predicted molar refractivity (Wildman–Crippen MR) is 184 cm³/mol. The lowest BCUT2D eigenvalue weighted by Crippen LogP contribution is -2.31. The van der Waals surface area contributed by atoms with Gasteiger partial charge in [0.05, 0.1) is 35.5 Å². The standard InChI is InChI=1S/C38H32N2O7S/c1-5-45-28-18-24(14-15-26(28)46-20-23-10-7-6-8-11-23)33-31(34(41)29-19-25-12-9-13-27(44-4)36(25)47-29)35(42)37(43)40(33)38-39-32-22(3)16-21(2)17-30(32)48-38/h6-19,33,42H,5,20H2,1-4H3. The lowest BCUT2D eigenvalue weighted by Gasteiger charge is -2.25. The normalized spacial score (nSPS) is 14.7. The minimum Gasteiger partial charge on any atom is -0.503 e. The van der Waals surface area contributed by atoms with Crippen molar-refractivity contribution < 1.29 is 33.3 Å². The van der Waals surface area contributed by atoms with Gasteiger partial charge in [0, 0.05) is 5.39 Å². The van der Waals surface area contributed by atoms with Crippen molar-refractivity contribution in [2.75, 3.05) is 18.6 Å². The maximum Gasteiger partial charge on any atom is 0.296 e. The van der Waals surface area contributed by atoms with Crippen molar-refractivity contribution in [2.45, 2.75) is 33.4 Å². The summed E-state index contributed by atoms with van der Waals surface area (Å²) in [5.74, 6) is -0.711. The monoisotopic (exact) mass is 660 g/mol. The maximum absolute atomic E-state index is 14.3. The molecule has 0 saturated heterocycles. The van der Waals surface area contributed by atoms with Gasteiger partial charge in [0.2, 0.25) is 5.78 Å². The number of rotatable bonds is 10. The van der Waals surface area contributed by atoms with E-state index in [1.165, 1.54) is 23.3 Å². The second-order valence-electron chi connectivity index (χ2n) is 11.5. The number of carbonyl (C=O) groups excluding carboxylic acids is 2. The van der Waals surface area contributed by atoms with E-state index in [4.69, 9.17) is 23.6 Å². The Labute approximate surface area is 280 Å². The molecule has 9 nitrogen and oxygen atoms in total. The van der Waals surface area contributed by atoms with E-state index in [0.717, 1.165) is 26.9 Å². The number of methoxy groups -OCH3 is 1. The number of nitrogens with zero attached hydrogens (tertiary/aromatic N) is 2. The first-order valence-corrected chi connectivity index (χ1v) is 16.3. The third-order valence-corrected chi connectivity index (χ3v) is 9.25. The van der Waals surface area contributed by atoms with Crippen LogP contribution in [0.5, 0.6) is 17.2 Å². The maximum atomic E-state index is 14.3. The number of furan rings is 1. The number of hydrogen-bond acceptors (Lipinski definition) is 9. The summed E-state index contributed by atoms with van der Waals surface area (Å²) in [6.45, 7) is 6.49. The largest absolute Gasteiger partial charge is 0.503 e. The zero-order chi connectivity index (χ0) is 33.5. The predicted octanol–water partition coefficient (Wildman–Crippen LogP) is 8.43. The lowest BCUT2D eigenvalue weighted by atomic mass is 9.95. The zero-order valence-corrected chi connectivity index (χ0v) is 27.6. The summed E-state index contributed by atoms with van der Waals surface area (Å²) in [6.07, 6.45) is 0. The van der Waals surface area contributed by atoms with Gasteiger partial charge in [-0.1, -0.05) is 65.9 Å². The van der Waals surface area contributed by atoms with E-state index in [-0.39, 0.29) is 11.3 Å². The summed E-state index contributed by atoms with van der Waals surface area (Å²) >= 11 is 1.32. The van der Waals surface area contributed by atoms with Crippen molar-refractivity contribution in [3.63, 3.8) is 0 Å². The molecule has 2 aromatic heterocycles. The molecule has 1 amide bonds. The van der Waals surface area contributed by atoms with Crippen LogP contribution in [0, 0.1) is 13.8 Å². The number of fused-ring (bicyclic) bond motifs is 2. The number of anilines is 1. The molecule has 6 aromatic rings. The molecule has 1 aliphatic heterocycles. The van der Waals surface area contributed by atoms with Gasteiger partial charge in [-0.2, -0.15) is 0 Å². The molecule has 1 unspecified atom stereocenters. The lowest BCUT2D eigenvalue weighted by molar-refractivity contribution is -0.117. The van der Waals surface area contributed by atoms with Crippen LogP contribution in [0.2, 0.25) is 0 Å². The van der Waals surface area contributed by atoms with E-state index in [9.17, 15) is 14.7 Å². The Morgan fingerprint density at radius 2 is 1.77 bits per heavy atom. The van der Waals surface area contributed by atoms with Gasteiger partial charge in [0.25, 0.3) is 5.91 Å². The molecular weight excluding hydrogens is 628 g/mol. The molecule has 4 aromatic carbocycles. The van der Waals surface area contributed by atoms with Crippen LogP contribution in [-0.2, 0) is 11.4 Å². The van der Waals surface area contributed by atoms with Crippen LogP contribution in [-0.4, -0.2) is 35.5 Å². The summed E-state index contributed by atoms with van der Waals surface area (Å²) in [5.41, 5.74) is 4.52. The minimum absolute atomic E-state index is 0.0423. The van der Waals surface area contributed by atoms with Crippen molar-refractivity contribution >= 4 is 49.3 Å². The Morgan fingerprint density at radius 3 is 2.54 bits per heavy atom. The van der Waals surface area contributed by atoms with Crippen molar-refractivity contribution in [2.24, 2.45) is 0 Å². The molecule has 0 saturated carbocycles. The number of thiazole rings is 1. The fraction of sp³-hybridized carbons (Fsp3) is 0.184. The van der Waals surface area contributed by atoms with E-state index in [2.05, 4.69) is 0 Å². The van der Waals surface area contributed by atoms with E-state index < -0.39 is 23.5 Å². The van der Waals surface area contributed by atoms with Crippen molar-refractivity contribution in [3.8, 4) is 17.2 Å². The van der Waals surface area contributed by atoms with E-state index >= 15 is 0 Å². The number of aryl methyl sites for hydroxylation is 2. The quantitative estimate of drug-likeness (QED) is 0.146. The summed E-state index contributed by atoms with van der Waals surface area (Å²) in [7, 11) is 1.51. The van der Waals surface area contributed by atoms with Crippen LogP contribution >= 0.6 is 11.3 Å². The topological polar surface area (TPSA) is 111 Å². The summed E-state index contributed by atoms with van der Waals surface area (Å²) < 4.78 is 24.5. The number of aliphatic hydroxyl groups excluding tert-OH is 1. The average Bonchev–Trinajstić information content (AvgIpc) is 3.78. The summed E-state index contributed by atoms with van der Waals surface area (Å²) in [5, 5.41) is 12.5. The molecular formula is C38H32N2O7S. The molecule has 1 N–H and O–H groups in total. The Bertz CT molecular complexity index is 2230. The molecule has 0 aliphatic carbocycles. The first-order valence-electron chi connectivity index (χ1n) is 15.5. The number of aliphatic hydroxyl groups is 1. The number of benzene rings is 4. The Kier molecular flexibility index (Phi) is 8.10. The van der Waals surface area contributed by atoms with Crippen LogP contribution in [0.15, 0.2) is 101 Å². The van der Waals surface area contributed by atoms with Crippen LogP contribution in [0.25, 0.3) is 21.2 Å². The molecule has 7 rings (SSSR count).